The Morgan fingerprint density at radius 3 is 2.46 bits per heavy atom. The number of amides is 1. The quantitative estimate of drug-likeness (QED) is 0.774. The molecule has 0 spiro atoms. The Balaban J connectivity index is 1.43. The molecule has 2 saturated carbocycles. The van der Waals surface area contributed by atoms with E-state index >= 15 is 0 Å². The van der Waals surface area contributed by atoms with Gasteiger partial charge >= 0.3 is 0 Å². The molecular formula is C20H33NO3. The molecule has 6 atom stereocenters. The van der Waals surface area contributed by atoms with Crippen LogP contribution in [0.2, 0.25) is 0 Å². The molecule has 0 aromatic carbocycles. The summed E-state index contributed by atoms with van der Waals surface area (Å²) in [5.41, 5.74) is 0. The SMILES string of the molecule is CC(C)[C@H](OC[C@H]1CCCO1)C(=O)N1CC2C[C@@H]3CC1C[C@H](C2)C3. The van der Waals surface area contributed by atoms with Crippen molar-refractivity contribution in [2.24, 2.45) is 23.7 Å². The topological polar surface area (TPSA) is 38.8 Å². The van der Waals surface area contributed by atoms with Crippen LogP contribution in [0.5, 0.6) is 0 Å². The molecule has 0 aromatic heterocycles. The summed E-state index contributed by atoms with van der Waals surface area (Å²) in [5.74, 6) is 2.94. The number of hydrogen-bond acceptors (Lipinski definition) is 3. The lowest BCUT2D eigenvalue weighted by atomic mass is 9.68. The molecule has 3 heterocycles. The van der Waals surface area contributed by atoms with Crippen LogP contribution in [0.1, 0.15) is 58.8 Å². The molecule has 5 aliphatic rings. The van der Waals surface area contributed by atoms with E-state index in [2.05, 4.69) is 18.7 Å². The fraction of sp³-hybridized carbons (Fsp3) is 0.950. The Bertz CT molecular complexity index is 446. The third kappa shape index (κ3) is 3.37. The van der Waals surface area contributed by atoms with E-state index in [0.29, 0.717) is 12.6 Å². The molecule has 3 aliphatic heterocycles. The average molecular weight is 335 g/mol. The van der Waals surface area contributed by atoms with Crippen LogP contribution < -0.4 is 0 Å². The van der Waals surface area contributed by atoms with Crippen molar-refractivity contribution >= 4 is 5.91 Å². The molecule has 4 bridgehead atoms. The van der Waals surface area contributed by atoms with E-state index in [1.807, 2.05) is 0 Å². The summed E-state index contributed by atoms with van der Waals surface area (Å²) in [4.78, 5) is 15.5. The fourth-order valence-corrected chi connectivity index (χ4v) is 5.75. The third-order valence-electron chi connectivity index (χ3n) is 6.72. The first-order valence-electron chi connectivity index (χ1n) is 10.1. The number of nitrogens with zero attached hydrogens (tertiary/aromatic N) is 1. The number of ether oxygens (including phenoxy) is 2. The normalized spacial score (nSPS) is 39.5. The Labute approximate surface area is 146 Å². The maximum atomic E-state index is 13.3. The number of hydrogen-bond donors (Lipinski definition) is 0. The summed E-state index contributed by atoms with van der Waals surface area (Å²) < 4.78 is 11.8. The Morgan fingerprint density at radius 2 is 1.83 bits per heavy atom. The van der Waals surface area contributed by atoms with Gasteiger partial charge in [-0.2, -0.15) is 0 Å². The van der Waals surface area contributed by atoms with E-state index < -0.39 is 0 Å². The molecule has 24 heavy (non-hydrogen) atoms. The van der Waals surface area contributed by atoms with E-state index in [1.54, 1.807) is 0 Å². The lowest BCUT2D eigenvalue weighted by Crippen LogP contribution is -2.49. The van der Waals surface area contributed by atoms with Crippen molar-refractivity contribution in [2.75, 3.05) is 19.8 Å². The first kappa shape index (κ1) is 16.8. The van der Waals surface area contributed by atoms with E-state index in [4.69, 9.17) is 9.47 Å². The molecule has 136 valence electrons. The molecule has 4 heteroatoms. The second kappa shape index (κ2) is 6.95. The van der Waals surface area contributed by atoms with Gasteiger partial charge < -0.3 is 14.4 Å². The van der Waals surface area contributed by atoms with Crippen molar-refractivity contribution in [3.8, 4) is 0 Å². The number of fused-ring (bicyclic) bond motifs is 1. The van der Waals surface area contributed by atoms with Gasteiger partial charge in [-0.05, 0) is 68.6 Å². The van der Waals surface area contributed by atoms with Crippen LogP contribution in [0.25, 0.3) is 0 Å². The number of carbonyl (C=O) groups excluding carboxylic acids is 1. The minimum Gasteiger partial charge on any atom is -0.376 e. The van der Waals surface area contributed by atoms with Crippen molar-refractivity contribution in [1.29, 1.82) is 0 Å². The van der Waals surface area contributed by atoms with Crippen molar-refractivity contribution in [2.45, 2.75) is 77.0 Å². The molecule has 1 amide bonds. The van der Waals surface area contributed by atoms with E-state index in [1.165, 1.54) is 32.1 Å². The van der Waals surface area contributed by atoms with Crippen LogP contribution in [0, 0.1) is 23.7 Å². The Hall–Kier alpha value is -0.610. The zero-order valence-electron chi connectivity index (χ0n) is 15.3. The van der Waals surface area contributed by atoms with E-state index in [9.17, 15) is 4.79 Å². The number of rotatable bonds is 5. The maximum Gasteiger partial charge on any atom is 0.252 e. The zero-order valence-corrected chi connectivity index (χ0v) is 15.3. The highest BCUT2D eigenvalue weighted by molar-refractivity contribution is 5.81. The first-order valence-corrected chi connectivity index (χ1v) is 10.1. The zero-order chi connectivity index (χ0) is 16.7. The van der Waals surface area contributed by atoms with Gasteiger partial charge in [0.1, 0.15) is 6.10 Å². The fourth-order valence-electron chi connectivity index (χ4n) is 5.75. The molecule has 4 nitrogen and oxygen atoms in total. The van der Waals surface area contributed by atoms with Gasteiger partial charge in [-0.25, -0.2) is 0 Å². The monoisotopic (exact) mass is 335 g/mol. The van der Waals surface area contributed by atoms with Crippen LogP contribution in [-0.4, -0.2) is 48.8 Å². The smallest absolute Gasteiger partial charge is 0.252 e. The molecule has 2 aliphatic carbocycles. The van der Waals surface area contributed by atoms with Crippen molar-refractivity contribution < 1.29 is 14.3 Å². The van der Waals surface area contributed by atoms with Gasteiger partial charge in [0, 0.05) is 19.2 Å². The predicted molar refractivity (Wildman–Crippen MR) is 92.6 cm³/mol. The summed E-state index contributed by atoms with van der Waals surface area (Å²) in [6, 6.07) is 0.473. The summed E-state index contributed by atoms with van der Waals surface area (Å²) >= 11 is 0. The van der Waals surface area contributed by atoms with Crippen molar-refractivity contribution in [1.82, 2.24) is 4.90 Å². The minimum absolute atomic E-state index is 0.190. The van der Waals surface area contributed by atoms with Crippen LogP contribution in [0.3, 0.4) is 0 Å². The standard InChI is InChI=1S/C20H33NO3/c1-13(2)19(24-12-18-4-3-5-23-18)20(22)21-11-16-7-14-6-15(8-16)10-17(21)9-14/h13-19H,3-12H2,1-2H3/t14-,15+,16?,17?,18-,19+/m1/s1. The Morgan fingerprint density at radius 1 is 1.12 bits per heavy atom. The van der Waals surface area contributed by atoms with Gasteiger partial charge in [0.2, 0.25) is 0 Å². The number of carbonyl (C=O) groups is 1. The second-order valence-electron chi connectivity index (χ2n) is 9.05. The molecular weight excluding hydrogens is 302 g/mol. The lowest BCUT2D eigenvalue weighted by Gasteiger charge is -2.39. The van der Waals surface area contributed by atoms with Gasteiger partial charge in [0.15, 0.2) is 0 Å². The second-order valence-corrected chi connectivity index (χ2v) is 9.05. The molecule has 0 N–H and O–H groups in total. The molecule has 3 saturated heterocycles. The molecule has 5 fully saturated rings. The third-order valence-corrected chi connectivity index (χ3v) is 6.72. The molecule has 2 unspecified atom stereocenters. The summed E-state index contributed by atoms with van der Waals surface area (Å²) in [6.07, 6.45) is 8.65. The lowest BCUT2D eigenvalue weighted by molar-refractivity contribution is -0.152. The van der Waals surface area contributed by atoms with Crippen molar-refractivity contribution in [3.63, 3.8) is 0 Å². The Kier molecular flexibility index (Phi) is 4.88. The van der Waals surface area contributed by atoms with Gasteiger partial charge in [-0.15, -0.1) is 0 Å². The van der Waals surface area contributed by atoms with Gasteiger partial charge in [-0.3, -0.25) is 4.79 Å². The maximum absolute atomic E-state index is 13.3. The van der Waals surface area contributed by atoms with E-state index in [-0.39, 0.29) is 24.0 Å². The van der Waals surface area contributed by atoms with Crippen LogP contribution >= 0.6 is 0 Å². The molecule has 5 rings (SSSR count). The molecule has 0 aromatic rings. The van der Waals surface area contributed by atoms with Gasteiger partial charge in [-0.1, -0.05) is 13.8 Å². The minimum atomic E-state index is -0.301. The van der Waals surface area contributed by atoms with Crippen molar-refractivity contribution in [3.05, 3.63) is 0 Å². The highest BCUT2D eigenvalue weighted by Crippen LogP contribution is 2.47. The highest BCUT2D eigenvalue weighted by Gasteiger charge is 2.45. The first-order chi connectivity index (χ1) is 11.6. The summed E-state index contributed by atoms with van der Waals surface area (Å²) in [5, 5.41) is 0. The van der Waals surface area contributed by atoms with Gasteiger partial charge in [0.25, 0.3) is 5.91 Å². The summed E-state index contributed by atoms with van der Waals surface area (Å²) in [7, 11) is 0. The molecule has 0 radical (unpaired) electrons. The van der Waals surface area contributed by atoms with Crippen LogP contribution in [0.4, 0.5) is 0 Å². The average Bonchev–Trinajstić information content (AvgIpc) is 2.97. The van der Waals surface area contributed by atoms with E-state index in [0.717, 1.165) is 43.7 Å². The van der Waals surface area contributed by atoms with Crippen LogP contribution in [-0.2, 0) is 14.3 Å². The largest absolute Gasteiger partial charge is 0.376 e. The highest BCUT2D eigenvalue weighted by atomic mass is 16.5. The predicted octanol–water partition coefficient (Wildman–Crippen LogP) is 3.24. The van der Waals surface area contributed by atoms with Crippen LogP contribution in [0.15, 0.2) is 0 Å². The summed E-state index contributed by atoms with van der Waals surface area (Å²) in [6.45, 7) is 6.61. The van der Waals surface area contributed by atoms with Gasteiger partial charge in [0.05, 0.1) is 12.7 Å².